The van der Waals surface area contributed by atoms with Crippen LogP contribution >= 0.6 is 0 Å². The second-order valence-corrected chi connectivity index (χ2v) is 23.8. The molecule has 0 aliphatic heterocycles. The lowest BCUT2D eigenvalue weighted by Gasteiger charge is -2.13. The fourth-order valence-electron chi connectivity index (χ4n) is 15.5. The molecule has 90 heavy (non-hydrogen) atoms. The first kappa shape index (κ1) is 49.0. The molecule has 0 radical (unpaired) electrons. The molecule has 0 atom stereocenters. The molecular formula is C84H50N4O2. The lowest BCUT2D eigenvalue weighted by molar-refractivity contribution is 0.666. The third-order valence-corrected chi connectivity index (χ3v) is 19.2. The van der Waals surface area contributed by atoms with Crippen molar-refractivity contribution >= 4 is 131 Å². The molecule has 0 aliphatic carbocycles. The van der Waals surface area contributed by atoms with Gasteiger partial charge in [0.05, 0.1) is 49.8 Å². The lowest BCUT2D eigenvalue weighted by Crippen LogP contribution is -1.96. The largest absolute Gasteiger partial charge is 0.455 e. The number of rotatable bonds is 7. The van der Waals surface area contributed by atoms with Crippen LogP contribution in [0.5, 0.6) is 0 Å². The zero-order chi connectivity index (χ0) is 58.7. The summed E-state index contributed by atoms with van der Waals surface area (Å²) in [5, 5.41) is 13.9. The molecule has 6 nitrogen and oxygen atoms in total. The van der Waals surface area contributed by atoms with Crippen LogP contribution < -0.4 is 0 Å². The average Bonchev–Trinajstić information content (AvgIpc) is 1.67. The van der Waals surface area contributed by atoms with Gasteiger partial charge in [-0.05, 0) is 114 Å². The maximum atomic E-state index is 7.11. The van der Waals surface area contributed by atoms with Crippen molar-refractivity contribution in [2.45, 2.75) is 0 Å². The molecule has 0 unspecified atom stereocenters. The highest BCUT2D eigenvalue weighted by Crippen LogP contribution is 2.49. The van der Waals surface area contributed by atoms with E-state index < -0.39 is 0 Å². The van der Waals surface area contributed by atoms with Gasteiger partial charge in [0.1, 0.15) is 16.7 Å². The zero-order valence-electron chi connectivity index (χ0n) is 48.5. The molecule has 0 N–H and O–H groups in total. The van der Waals surface area contributed by atoms with Crippen LogP contribution in [0.1, 0.15) is 0 Å². The summed E-state index contributed by atoms with van der Waals surface area (Å²) in [7, 11) is 0. The summed E-state index contributed by atoms with van der Waals surface area (Å²) in [5.41, 5.74) is 23.7. The smallest absolute Gasteiger partial charge is 0.159 e. The van der Waals surface area contributed by atoms with Gasteiger partial charge in [0.15, 0.2) is 5.58 Å². The van der Waals surface area contributed by atoms with Gasteiger partial charge in [-0.1, -0.05) is 206 Å². The van der Waals surface area contributed by atoms with E-state index in [-0.39, 0.29) is 0 Å². The third-order valence-electron chi connectivity index (χ3n) is 19.2. The maximum Gasteiger partial charge on any atom is 0.159 e. The molecule has 20 rings (SSSR count). The van der Waals surface area contributed by atoms with Crippen LogP contribution in [0.4, 0.5) is 0 Å². The van der Waals surface area contributed by atoms with Crippen molar-refractivity contribution in [1.82, 2.24) is 18.3 Å². The van der Waals surface area contributed by atoms with Gasteiger partial charge in [-0.15, -0.1) is 0 Å². The summed E-state index contributed by atoms with van der Waals surface area (Å²) in [6.45, 7) is 0. The van der Waals surface area contributed by atoms with E-state index in [1.54, 1.807) is 0 Å². The van der Waals surface area contributed by atoms with Crippen molar-refractivity contribution in [3.05, 3.63) is 303 Å². The van der Waals surface area contributed by atoms with Gasteiger partial charge >= 0.3 is 0 Å². The van der Waals surface area contributed by atoms with Crippen LogP contribution in [-0.4, -0.2) is 18.3 Å². The first-order valence-corrected chi connectivity index (χ1v) is 30.8. The van der Waals surface area contributed by atoms with Crippen molar-refractivity contribution < 1.29 is 8.83 Å². The Morgan fingerprint density at radius 2 is 0.656 bits per heavy atom. The van der Waals surface area contributed by atoms with Gasteiger partial charge in [-0.25, -0.2) is 0 Å². The van der Waals surface area contributed by atoms with Crippen molar-refractivity contribution in [1.29, 1.82) is 0 Å². The van der Waals surface area contributed by atoms with Crippen molar-refractivity contribution in [3.63, 3.8) is 0 Å². The van der Waals surface area contributed by atoms with Gasteiger partial charge in [-0.3, -0.25) is 0 Å². The van der Waals surface area contributed by atoms with Crippen LogP contribution in [-0.2, 0) is 0 Å². The van der Waals surface area contributed by atoms with E-state index in [0.29, 0.717) is 0 Å². The summed E-state index contributed by atoms with van der Waals surface area (Å²) >= 11 is 0. The van der Waals surface area contributed by atoms with E-state index >= 15 is 0 Å². The van der Waals surface area contributed by atoms with E-state index in [0.717, 1.165) is 122 Å². The highest BCUT2D eigenvalue weighted by atomic mass is 16.3. The highest BCUT2D eigenvalue weighted by Gasteiger charge is 2.26. The minimum absolute atomic E-state index is 0.838. The van der Waals surface area contributed by atoms with E-state index in [1.807, 2.05) is 0 Å². The molecular weight excluding hydrogens is 1100 g/mol. The molecule has 0 spiro atoms. The Hall–Kier alpha value is -12.1. The van der Waals surface area contributed by atoms with E-state index in [2.05, 4.69) is 322 Å². The number of nitrogens with zero attached hydrogens (tertiary/aromatic N) is 4. The standard InChI is InChI=1S/C84H50N4O2/c1-3-21-52(22-4-1)85-71-39-12-8-27-66(71)79-58(30-18-41-74(79)85)61-33-16-32-60-56-25-7-11-38-70(56)87(81(60)61)54-46-48-78-69(50-54)65-36-15-29-55(83(65)89-78)51-45-47-73-68(49-51)63-35-17-34-62(82(63)88(73)76-43-20-37-64-57-26-10-14-44-77(57)90-84(64)76)59-31-19-42-75-80(59)67-28-9-13-40-72(67)86(75)53-23-5-2-6-24-53/h1-50H. The molecule has 6 heteroatoms. The number of furan rings is 2. The quantitative estimate of drug-likeness (QED) is 0.160. The number of aromatic nitrogens is 4. The Bertz CT molecular complexity index is 6400. The fraction of sp³-hybridized carbons (Fsp3) is 0. The van der Waals surface area contributed by atoms with E-state index in [1.165, 1.54) is 65.5 Å². The van der Waals surface area contributed by atoms with Crippen LogP contribution in [0.3, 0.4) is 0 Å². The van der Waals surface area contributed by atoms with Gasteiger partial charge in [0, 0.05) is 98.4 Å². The Morgan fingerprint density at radius 3 is 1.31 bits per heavy atom. The Kier molecular flexibility index (Phi) is 10.2. The minimum atomic E-state index is 0.838. The fourth-order valence-corrected chi connectivity index (χ4v) is 15.5. The Balaban J connectivity index is 0.791. The molecule has 6 heterocycles. The molecule has 0 amide bonds. The number of benzene rings is 14. The predicted octanol–water partition coefficient (Wildman–Crippen LogP) is 22.9. The third kappa shape index (κ3) is 6.81. The second-order valence-electron chi connectivity index (χ2n) is 23.8. The summed E-state index contributed by atoms with van der Waals surface area (Å²) in [6, 6.07) is 110. The molecule has 0 aliphatic rings. The van der Waals surface area contributed by atoms with Crippen molar-refractivity contribution in [2.75, 3.05) is 0 Å². The van der Waals surface area contributed by atoms with Crippen molar-refractivity contribution in [3.8, 4) is 56.1 Å². The van der Waals surface area contributed by atoms with Gasteiger partial charge in [-0.2, -0.15) is 0 Å². The molecule has 0 fully saturated rings. The summed E-state index contributed by atoms with van der Waals surface area (Å²) in [6.07, 6.45) is 0. The topological polar surface area (TPSA) is 46.0 Å². The molecule has 14 aromatic carbocycles. The molecule has 0 saturated carbocycles. The maximum absolute atomic E-state index is 7.11. The van der Waals surface area contributed by atoms with Crippen LogP contribution in [0, 0.1) is 0 Å². The first-order chi connectivity index (χ1) is 44.7. The van der Waals surface area contributed by atoms with E-state index in [4.69, 9.17) is 8.83 Å². The second kappa shape index (κ2) is 18.7. The number of hydrogen-bond donors (Lipinski definition) is 0. The van der Waals surface area contributed by atoms with Gasteiger partial charge in [0.25, 0.3) is 0 Å². The summed E-state index contributed by atoms with van der Waals surface area (Å²) in [4.78, 5) is 0. The van der Waals surface area contributed by atoms with Crippen molar-refractivity contribution in [2.24, 2.45) is 0 Å². The Morgan fingerprint density at radius 1 is 0.211 bits per heavy atom. The van der Waals surface area contributed by atoms with E-state index in [9.17, 15) is 0 Å². The highest BCUT2D eigenvalue weighted by molar-refractivity contribution is 6.24. The Labute approximate surface area is 514 Å². The molecule has 418 valence electrons. The van der Waals surface area contributed by atoms with Crippen LogP contribution in [0.2, 0.25) is 0 Å². The summed E-state index contributed by atoms with van der Waals surface area (Å²) in [5.74, 6) is 0. The first-order valence-electron chi connectivity index (χ1n) is 30.8. The number of fused-ring (bicyclic) bond motifs is 18. The normalized spacial score (nSPS) is 12.2. The SMILES string of the molecule is c1ccc(-n2c3ccccc3c3c(-c4cccc5c6ccccc6n(-c6ccc7oc8c(-c9ccc%10c(c9)c9cccc(-c%11cccc%12c%11c%11ccccc%11n%12-c%11ccccc%11)c9n%10-c9cccc%10c9oc9ccccc9%10)cccc8c7c6)c45)cccc32)cc1. The van der Waals surface area contributed by atoms with Gasteiger partial charge < -0.3 is 27.1 Å². The molecule has 6 aromatic heterocycles. The monoisotopic (exact) mass is 1150 g/mol. The predicted molar refractivity (Wildman–Crippen MR) is 375 cm³/mol. The average molecular weight is 1150 g/mol. The van der Waals surface area contributed by atoms with Gasteiger partial charge in [0.2, 0.25) is 0 Å². The number of hydrogen-bond acceptors (Lipinski definition) is 2. The number of para-hydroxylation sites is 10. The molecule has 0 saturated heterocycles. The van der Waals surface area contributed by atoms with Crippen LogP contribution in [0.25, 0.3) is 187 Å². The zero-order valence-corrected chi connectivity index (χ0v) is 48.5. The molecule has 0 bridgehead atoms. The lowest BCUT2D eigenvalue weighted by atomic mass is 9.96. The minimum Gasteiger partial charge on any atom is -0.455 e. The summed E-state index contributed by atoms with van der Waals surface area (Å²) < 4.78 is 23.8. The molecule has 20 aromatic rings. The van der Waals surface area contributed by atoms with Crippen LogP contribution in [0.15, 0.2) is 312 Å².